The quantitative estimate of drug-likeness (QED) is 0.766. The van der Waals surface area contributed by atoms with Gasteiger partial charge in [0.25, 0.3) is 0 Å². The fourth-order valence-electron chi connectivity index (χ4n) is 2.64. The molecule has 1 aliphatic rings. The van der Waals surface area contributed by atoms with Gasteiger partial charge in [0, 0.05) is 0 Å². The topological polar surface area (TPSA) is 20.2 Å². The minimum atomic E-state index is -0.562. The normalized spacial score (nSPS) is 18.4. The van der Waals surface area contributed by atoms with Crippen molar-refractivity contribution in [3.05, 3.63) is 47.5 Å². The fourth-order valence-corrected chi connectivity index (χ4v) is 2.64. The third-order valence-electron chi connectivity index (χ3n) is 3.82. The van der Waals surface area contributed by atoms with Crippen molar-refractivity contribution in [2.45, 2.75) is 31.8 Å². The predicted molar refractivity (Wildman–Crippen MR) is 66.4 cm³/mol. The largest absolute Gasteiger partial charge is 0.385 e. The lowest BCUT2D eigenvalue weighted by atomic mass is 9.73. The Bertz CT molecular complexity index is 538. The lowest BCUT2D eigenvalue weighted by molar-refractivity contribution is -0.0374. The molecule has 3 rings (SSSR count). The van der Waals surface area contributed by atoms with Gasteiger partial charge < -0.3 is 5.11 Å². The Hall–Kier alpha value is -1.34. The first-order chi connectivity index (χ1) is 7.71. The lowest BCUT2D eigenvalue weighted by Crippen LogP contribution is -2.33. The fraction of sp³-hybridized carbons (Fsp3) is 0.333. The van der Waals surface area contributed by atoms with Gasteiger partial charge in [-0.15, -0.1) is 0 Å². The minimum Gasteiger partial charge on any atom is -0.385 e. The standard InChI is InChI=1S/C15H16O/c1-11-7-8-14(15(16)9-4-10-15)13-6-3-2-5-12(11)13/h2-3,5-8,16H,4,9-10H2,1H3. The maximum Gasteiger partial charge on any atom is 0.0902 e. The molecule has 1 saturated carbocycles. The third-order valence-corrected chi connectivity index (χ3v) is 3.82. The van der Waals surface area contributed by atoms with Crippen LogP contribution in [0.2, 0.25) is 0 Å². The molecule has 0 heterocycles. The van der Waals surface area contributed by atoms with Crippen LogP contribution in [-0.2, 0) is 5.60 Å². The molecule has 1 nitrogen and oxygen atoms in total. The Balaban J connectivity index is 2.30. The highest BCUT2D eigenvalue weighted by molar-refractivity contribution is 5.89. The summed E-state index contributed by atoms with van der Waals surface area (Å²) in [6.07, 6.45) is 2.94. The molecule has 0 atom stereocenters. The summed E-state index contributed by atoms with van der Waals surface area (Å²) in [7, 11) is 0. The summed E-state index contributed by atoms with van der Waals surface area (Å²) in [4.78, 5) is 0. The minimum absolute atomic E-state index is 0.562. The smallest absolute Gasteiger partial charge is 0.0902 e. The van der Waals surface area contributed by atoms with Gasteiger partial charge in [-0.25, -0.2) is 0 Å². The second-order valence-electron chi connectivity index (χ2n) is 4.86. The van der Waals surface area contributed by atoms with E-state index in [9.17, 15) is 5.11 Å². The van der Waals surface area contributed by atoms with Gasteiger partial charge in [0.1, 0.15) is 0 Å². The van der Waals surface area contributed by atoms with Crippen LogP contribution in [0.15, 0.2) is 36.4 Å². The van der Waals surface area contributed by atoms with Crippen molar-refractivity contribution in [3.63, 3.8) is 0 Å². The molecule has 2 aromatic rings. The van der Waals surface area contributed by atoms with Crippen LogP contribution in [0.5, 0.6) is 0 Å². The first-order valence-corrected chi connectivity index (χ1v) is 5.92. The molecular weight excluding hydrogens is 196 g/mol. The number of aliphatic hydroxyl groups is 1. The second kappa shape index (κ2) is 3.33. The molecule has 1 heteroatoms. The molecule has 0 amide bonds. The summed E-state index contributed by atoms with van der Waals surface area (Å²) in [6.45, 7) is 2.12. The van der Waals surface area contributed by atoms with E-state index >= 15 is 0 Å². The summed E-state index contributed by atoms with van der Waals surface area (Å²) in [6, 6.07) is 12.6. The molecule has 0 unspecified atom stereocenters. The SMILES string of the molecule is Cc1ccc(C2(O)CCC2)c2ccccc12. The van der Waals surface area contributed by atoms with Crippen LogP contribution in [-0.4, -0.2) is 5.11 Å². The number of aryl methyl sites for hydroxylation is 1. The molecule has 0 spiro atoms. The van der Waals surface area contributed by atoms with Crippen LogP contribution in [0.3, 0.4) is 0 Å². The molecule has 0 saturated heterocycles. The van der Waals surface area contributed by atoms with Crippen LogP contribution >= 0.6 is 0 Å². The number of rotatable bonds is 1. The highest BCUT2D eigenvalue weighted by Gasteiger charge is 2.37. The maximum atomic E-state index is 10.5. The first kappa shape index (κ1) is 9.86. The van der Waals surface area contributed by atoms with Crippen LogP contribution in [0.25, 0.3) is 10.8 Å². The van der Waals surface area contributed by atoms with Gasteiger partial charge in [0.2, 0.25) is 0 Å². The Morgan fingerprint density at radius 2 is 1.69 bits per heavy atom. The van der Waals surface area contributed by atoms with E-state index in [1.54, 1.807) is 0 Å². The van der Waals surface area contributed by atoms with Gasteiger partial charge in [-0.3, -0.25) is 0 Å². The molecule has 16 heavy (non-hydrogen) atoms. The molecule has 0 aliphatic heterocycles. The molecule has 1 N–H and O–H groups in total. The van der Waals surface area contributed by atoms with E-state index in [2.05, 4.69) is 37.3 Å². The molecule has 82 valence electrons. The van der Waals surface area contributed by atoms with E-state index in [4.69, 9.17) is 0 Å². The lowest BCUT2D eigenvalue weighted by Gasteiger charge is -2.38. The monoisotopic (exact) mass is 212 g/mol. The van der Waals surface area contributed by atoms with Crippen LogP contribution in [0.1, 0.15) is 30.4 Å². The summed E-state index contributed by atoms with van der Waals surface area (Å²) in [5.41, 5.74) is 1.83. The van der Waals surface area contributed by atoms with E-state index in [-0.39, 0.29) is 0 Å². The Kier molecular flexibility index (Phi) is 2.05. The summed E-state index contributed by atoms with van der Waals surface area (Å²) < 4.78 is 0. The van der Waals surface area contributed by atoms with E-state index in [0.29, 0.717) is 0 Å². The van der Waals surface area contributed by atoms with E-state index in [0.717, 1.165) is 24.8 Å². The summed E-state index contributed by atoms with van der Waals surface area (Å²) in [5.74, 6) is 0. The Morgan fingerprint density at radius 3 is 2.31 bits per heavy atom. The van der Waals surface area contributed by atoms with Crippen LogP contribution in [0.4, 0.5) is 0 Å². The highest BCUT2D eigenvalue weighted by Crippen LogP contribution is 2.44. The zero-order chi connectivity index (χ0) is 11.2. The second-order valence-corrected chi connectivity index (χ2v) is 4.86. The molecule has 1 aliphatic carbocycles. The van der Waals surface area contributed by atoms with Gasteiger partial charge in [-0.1, -0.05) is 36.4 Å². The Labute approximate surface area is 95.7 Å². The van der Waals surface area contributed by atoms with Crippen molar-refractivity contribution in [3.8, 4) is 0 Å². The molecular formula is C15H16O. The van der Waals surface area contributed by atoms with Crippen molar-refractivity contribution in [1.29, 1.82) is 0 Å². The van der Waals surface area contributed by atoms with Crippen molar-refractivity contribution < 1.29 is 5.11 Å². The Morgan fingerprint density at radius 1 is 1.00 bits per heavy atom. The summed E-state index contributed by atoms with van der Waals surface area (Å²) >= 11 is 0. The van der Waals surface area contributed by atoms with Gasteiger partial charge >= 0.3 is 0 Å². The number of hydrogen-bond donors (Lipinski definition) is 1. The molecule has 0 bridgehead atoms. The molecule has 0 aromatic heterocycles. The van der Waals surface area contributed by atoms with Gasteiger partial charge in [-0.05, 0) is 48.1 Å². The van der Waals surface area contributed by atoms with Crippen molar-refractivity contribution in [1.82, 2.24) is 0 Å². The molecule has 1 fully saturated rings. The van der Waals surface area contributed by atoms with Crippen molar-refractivity contribution >= 4 is 10.8 Å². The molecule has 2 aromatic carbocycles. The predicted octanol–water partition coefficient (Wildman–Crippen LogP) is 3.52. The van der Waals surface area contributed by atoms with Gasteiger partial charge in [-0.2, -0.15) is 0 Å². The number of fused-ring (bicyclic) bond motifs is 1. The average Bonchev–Trinajstić information content (AvgIpc) is 2.27. The first-order valence-electron chi connectivity index (χ1n) is 5.92. The van der Waals surface area contributed by atoms with E-state index < -0.39 is 5.60 Å². The number of benzene rings is 2. The zero-order valence-corrected chi connectivity index (χ0v) is 9.53. The highest BCUT2D eigenvalue weighted by atomic mass is 16.3. The van der Waals surface area contributed by atoms with Crippen molar-refractivity contribution in [2.75, 3.05) is 0 Å². The maximum absolute atomic E-state index is 10.5. The summed E-state index contributed by atoms with van der Waals surface area (Å²) in [5, 5.41) is 12.9. The van der Waals surface area contributed by atoms with Gasteiger partial charge in [0.15, 0.2) is 0 Å². The van der Waals surface area contributed by atoms with E-state index in [1.165, 1.54) is 16.3 Å². The van der Waals surface area contributed by atoms with Crippen LogP contribution < -0.4 is 0 Å². The molecule has 0 radical (unpaired) electrons. The van der Waals surface area contributed by atoms with Crippen molar-refractivity contribution in [2.24, 2.45) is 0 Å². The third kappa shape index (κ3) is 1.28. The van der Waals surface area contributed by atoms with E-state index in [1.807, 2.05) is 6.07 Å². The number of hydrogen-bond acceptors (Lipinski definition) is 1. The zero-order valence-electron chi connectivity index (χ0n) is 9.53. The van der Waals surface area contributed by atoms with Crippen LogP contribution in [0, 0.1) is 6.92 Å². The average molecular weight is 212 g/mol. The van der Waals surface area contributed by atoms with Gasteiger partial charge in [0.05, 0.1) is 5.60 Å².